The maximum Gasteiger partial charge on any atom is 0.255 e. The van der Waals surface area contributed by atoms with Gasteiger partial charge in [0, 0.05) is 34.6 Å². The first-order chi connectivity index (χ1) is 23.0. The van der Waals surface area contributed by atoms with Crippen molar-refractivity contribution < 1.29 is 39.5 Å². The number of ketones is 2. The Balaban J connectivity index is 1.51. The molecule has 0 radical (unpaired) electrons. The molecule has 3 atom stereocenters. The molecular weight excluding hydrogens is 610 g/mol. The first kappa shape index (κ1) is 32.2. The molecule has 242 valence electrons. The molecule has 3 aromatic carbocycles. The van der Waals surface area contributed by atoms with E-state index in [4.69, 9.17) is 10.5 Å². The van der Waals surface area contributed by atoms with E-state index in [1.54, 1.807) is 37.4 Å². The second kappa shape index (κ2) is 12.4. The zero-order valence-electron chi connectivity index (χ0n) is 26.4. The van der Waals surface area contributed by atoms with Gasteiger partial charge in [0.25, 0.3) is 5.91 Å². The van der Waals surface area contributed by atoms with Gasteiger partial charge in [0.2, 0.25) is 5.78 Å². The van der Waals surface area contributed by atoms with Crippen molar-refractivity contribution in [2.45, 2.75) is 44.6 Å². The molecule has 3 aromatic rings. The van der Waals surface area contributed by atoms with E-state index in [9.17, 15) is 34.8 Å². The predicted octanol–water partition coefficient (Wildman–Crippen LogP) is 4.18. The Hall–Kier alpha value is -5.77. The van der Waals surface area contributed by atoms with Crippen LogP contribution in [0.25, 0.3) is 5.76 Å². The summed E-state index contributed by atoms with van der Waals surface area (Å²) in [5.74, 6) is 5.98. The molecule has 48 heavy (non-hydrogen) atoms. The van der Waals surface area contributed by atoms with Gasteiger partial charge in [-0.2, -0.15) is 0 Å². The Morgan fingerprint density at radius 3 is 2.17 bits per heavy atom. The molecule has 9 nitrogen and oxygen atoms in total. The fraction of sp³-hybridized carbons (Fsp3) is 0.256. The van der Waals surface area contributed by atoms with Gasteiger partial charge in [-0.05, 0) is 78.8 Å². The number of ether oxygens (including phenoxy) is 1. The zero-order chi connectivity index (χ0) is 34.3. The molecule has 6 rings (SSSR count). The standard InChI is InChI=1S/C39H33NO8/c1-3-4-21-5-7-22(8-6-21)10-14-25-17-24(13-9-23-11-15-28(48-2)16-12-23)29-19-26-18-27-20-30(41)33(38(40)46)37(45)39(27,47)36(44)31(26)35(43)32(29)34(25)42/h5-8,11-12,15-17,26-27,42-43,45,47H,3-4,18-20H2,1-2H3,(H2,40,46)/t26-,27+,39+/m1/s1. The number of hydrogen-bond acceptors (Lipinski definition) is 8. The Bertz CT molecular complexity index is 2070. The normalized spacial score (nSPS) is 21.2. The number of aliphatic hydroxyl groups is 3. The highest BCUT2D eigenvalue weighted by atomic mass is 16.5. The van der Waals surface area contributed by atoms with Gasteiger partial charge < -0.3 is 30.9 Å². The molecular formula is C39H33NO8. The van der Waals surface area contributed by atoms with Crippen molar-refractivity contribution in [1.29, 1.82) is 0 Å². The lowest BCUT2D eigenvalue weighted by atomic mass is 9.59. The Labute approximate surface area is 277 Å². The summed E-state index contributed by atoms with van der Waals surface area (Å²) in [4.78, 5) is 38.7. The van der Waals surface area contributed by atoms with Crippen LogP contribution >= 0.6 is 0 Å². The molecule has 0 aromatic heterocycles. The number of nitrogens with two attached hydrogens (primary N) is 1. The van der Waals surface area contributed by atoms with E-state index in [2.05, 4.69) is 30.6 Å². The van der Waals surface area contributed by atoms with Crippen molar-refractivity contribution in [3.05, 3.63) is 110 Å². The molecule has 1 saturated carbocycles. The van der Waals surface area contributed by atoms with Crippen LogP contribution in [0.4, 0.5) is 0 Å². The third-order valence-electron chi connectivity index (χ3n) is 9.33. The fourth-order valence-electron chi connectivity index (χ4n) is 6.89. The zero-order valence-corrected chi connectivity index (χ0v) is 26.4. The highest BCUT2D eigenvalue weighted by Gasteiger charge is 2.60. The van der Waals surface area contributed by atoms with Crippen molar-refractivity contribution in [2.24, 2.45) is 17.6 Å². The van der Waals surface area contributed by atoms with Gasteiger partial charge in [-0.1, -0.05) is 49.2 Å². The van der Waals surface area contributed by atoms with E-state index in [0.717, 1.165) is 12.8 Å². The maximum absolute atomic E-state index is 14.0. The number of Topliss-reactive ketones (excluding diaryl/α,β-unsaturated/α-hetero) is 2. The van der Waals surface area contributed by atoms with Crippen LogP contribution < -0.4 is 10.5 Å². The van der Waals surface area contributed by atoms with Gasteiger partial charge in [0.15, 0.2) is 11.4 Å². The highest BCUT2D eigenvalue weighted by molar-refractivity contribution is 6.22. The number of carbonyl (C=O) groups is 3. The number of primary amides is 1. The molecule has 3 aliphatic carbocycles. The molecule has 6 N–H and O–H groups in total. The van der Waals surface area contributed by atoms with Gasteiger partial charge in [-0.15, -0.1) is 0 Å². The van der Waals surface area contributed by atoms with E-state index >= 15 is 0 Å². The molecule has 1 fully saturated rings. The SMILES string of the molecule is CCCc1ccc(C#Cc2cc(C#Cc3ccc(OC)cc3)c3c(c2O)C(O)=C2C(=O)[C@]4(O)C(O)=C(C(N)=O)C(=O)C[C@@H]4C[C@@H]2C3)cc1. The second-order valence-electron chi connectivity index (χ2n) is 12.3. The number of aromatic hydroxyl groups is 1. The maximum atomic E-state index is 14.0. The van der Waals surface area contributed by atoms with Crippen LogP contribution in [-0.4, -0.2) is 50.6 Å². The number of amides is 1. The number of carbonyl (C=O) groups excluding carboxylic acids is 3. The summed E-state index contributed by atoms with van der Waals surface area (Å²) < 4.78 is 5.23. The van der Waals surface area contributed by atoms with Crippen LogP contribution in [-0.2, 0) is 27.2 Å². The molecule has 0 aliphatic heterocycles. The quantitative estimate of drug-likeness (QED) is 0.209. The lowest BCUT2D eigenvalue weighted by Gasteiger charge is -2.46. The molecule has 0 bridgehead atoms. The minimum atomic E-state index is -2.65. The van der Waals surface area contributed by atoms with Crippen molar-refractivity contribution in [2.75, 3.05) is 7.11 Å². The highest BCUT2D eigenvalue weighted by Crippen LogP contribution is 2.52. The van der Waals surface area contributed by atoms with Crippen molar-refractivity contribution in [1.82, 2.24) is 0 Å². The predicted molar refractivity (Wildman–Crippen MR) is 177 cm³/mol. The monoisotopic (exact) mass is 643 g/mol. The second-order valence-corrected chi connectivity index (χ2v) is 12.3. The van der Waals surface area contributed by atoms with Gasteiger partial charge in [0.1, 0.15) is 28.6 Å². The number of methoxy groups -OCH3 is 1. The van der Waals surface area contributed by atoms with E-state index < -0.39 is 58.4 Å². The first-order valence-electron chi connectivity index (χ1n) is 15.6. The molecule has 0 spiro atoms. The Morgan fingerprint density at radius 2 is 1.56 bits per heavy atom. The minimum Gasteiger partial charge on any atom is -0.508 e. The number of fused-ring (bicyclic) bond motifs is 3. The summed E-state index contributed by atoms with van der Waals surface area (Å²) in [5.41, 5.74) is 5.15. The lowest BCUT2D eigenvalue weighted by molar-refractivity contribution is -0.147. The lowest BCUT2D eigenvalue weighted by Crippen LogP contribution is -2.58. The summed E-state index contributed by atoms with van der Waals surface area (Å²) in [6.07, 6.45) is 1.69. The minimum absolute atomic E-state index is 0.0185. The van der Waals surface area contributed by atoms with Crippen LogP contribution in [0, 0.1) is 35.5 Å². The molecule has 0 saturated heterocycles. The van der Waals surface area contributed by atoms with Crippen LogP contribution in [0.3, 0.4) is 0 Å². The molecule has 0 unspecified atom stereocenters. The summed E-state index contributed by atoms with van der Waals surface area (Å²) in [5, 5.41) is 45.7. The number of phenolic OH excluding ortho intramolecular Hbond substituents is 1. The Morgan fingerprint density at radius 1 is 0.938 bits per heavy atom. The van der Waals surface area contributed by atoms with Gasteiger partial charge in [-0.3, -0.25) is 14.4 Å². The number of hydrogen-bond donors (Lipinski definition) is 5. The number of benzene rings is 3. The summed E-state index contributed by atoms with van der Waals surface area (Å²) in [6.45, 7) is 2.10. The van der Waals surface area contributed by atoms with Gasteiger partial charge in [0.05, 0.1) is 18.2 Å². The van der Waals surface area contributed by atoms with Crippen molar-refractivity contribution >= 4 is 23.2 Å². The van der Waals surface area contributed by atoms with E-state index in [-0.39, 0.29) is 35.3 Å². The summed E-state index contributed by atoms with van der Waals surface area (Å²) in [7, 11) is 1.56. The number of aryl methyl sites for hydroxylation is 1. The van der Waals surface area contributed by atoms with Crippen LogP contribution in [0.1, 0.15) is 65.1 Å². The smallest absolute Gasteiger partial charge is 0.255 e. The third kappa shape index (κ3) is 5.38. The molecule has 1 amide bonds. The average molecular weight is 644 g/mol. The van der Waals surface area contributed by atoms with Crippen LogP contribution in [0.2, 0.25) is 0 Å². The van der Waals surface area contributed by atoms with Crippen molar-refractivity contribution in [3.63, 3.8) is 0 Å². The average Bonchev–Trinajstić information content (AvgIpc) is 3.06. The molecule has 9 heteroatoms. The van der Waals surface area contributed by atoms with E-state index in [1.165, 1.54) is 5.56 Å². The Kier molecular flexibility index (Phi) is 8.34. The van der Waals surface area contributed by atoms with Gasteiger partial charge >= 0.3 is 0 Å². The van der Waals surface area contributed by atoms with Crippen LogP contribution in [0.5, 0.6) is 11.5 Å². The number of aliphatic hydroxyl groups excluding tert-OH is 2. The van der Waals surface area contributed by atoms with Crippen molar-refractivity contribution in [3.8, 4) is 35.2 Å². The summed E-state index contributed by atoms with van der Waals surface area (Å²) in [6, 6.07) is 16.5. The van der Waals surface area contributed by atoms with Gasteiger partial charge in [-0.25, -0.2) is 0 Å². The largest absolute Gasteiger partial charge is 0.508 e. The molecule has 3 aliphatic rings. The number of rotatable bonds is 4. The fourth-order valence-corrected chi connectivity index (χ4v) is 6.89. The topological polar surface area (TPSA) is 167 Å². The first-order valence-corrected chi connectivity index (χ1v) is 15.6. The van der Waals surface area contributed by atoms with E-state index in [0.29, 0.717) is 28.0 Å². The summed E-state index contributed by atoms with van der Waals surface area (Å²) >= 11 is 0. The third-order valence-corrected chi connectivity index (χ3v) is 9.33. The van der Waals surface area contributed by atoms with Crippen LogP contribution in [0.15, 0.2) is 71.5 Å². The molecule has 0 heterocycles. The van der Waals surface area contributed by atoms with E-state index in [1.807, 2.05) is 24.3 Å². The number of phenols is 1.